The van der Waals surface area contributed by atoms with Gasteiger partial charge < -0.3 is 15.4 Å². The van der Waals surface area contributed by atoms with Crippen molar-refractivity contribution in [1.82, 2.24) is 10.6 Å². The Labute approximate surface area is 166 Å². The Morgan fingerprint density at radius 3 is 2.96 bits per heavy atom. The molecule has 2 aliphatic heterocycles. The standard InChI is InChI=1S/C18H27N3OS.HI/c1-2-19-18(21-13-15-6-5-11-23-15)20-12-14-9-10-22-17-8-4-3-7-16(14)17;/h3-4,7-8,14-15H,2,5-6,9-13H2,1H3,(H2,19,20,21);1H. The smallest absolute Gasteiger partial charge is 0.191 e. The van der Waals surface area contributed by atoms with Crippen molar-refractivity contribution in [3.05, 3.63) is 29.8 Å². The van der Waals surface area contributed by atoms with Crippen LogP contribution in [-0.4, -0.2) is 43.2 Å². The number of nitrogens with zero attached hydrogens (tertiary/aromatic N) is 1. The van der Waals surface area contributed by atoms with Crippen molar-refractivity contribution in [2.75, 3.05) is 32.0 Å². The Morgan fingerprint density at radius 1 is 1.29 bits per heavy atom. The molecule has 24 heavy (non-hydrogen) atoms. The second-order valence-corrected chi connectivity index (χ2v) is 7.52. The molecule has 2 N–H and O–H groups in total. The number of fused-ring (bicyclic) bond motifs is 1. The van der Waals surface area contributed by atoms with Crippen LogP contribution < -0.4 is 15.4 Å². The molecule has 0 aliphatic carbocycles. The molecule has 1 fully saturated rings. The van der Waals surface area contributed by atoms with E-state index >= 15 is 0 Å². The van der Waals surface area contributed by atoms with Crippen LogP contribution in [0.4, 0.5) is 0 Å². The van der Waals surface area contributed by atoms with Crippen molar-refractivity contribution in [1.29, 1.82) is 0 Å². The molecule has 4 nitrogen and oxygen atoms in total. The number of guanidine groups is 1. The van der Waals surface area contributed by atoms with E-state index in [4.69, 9.17) is 9.73 Å². The van der Waals surface area contributed by atoms with E-state index in [1.165, 1.54) is 24.2 Å². The van der Waals surface area contributed by atoms with Crippen LogP contribution in [0.25, 0.3) is 0 Å². The molecule has 2 atom stereocenters. The monoisotopic (exact) mass is 461 g/mol. The molecule has 1 saturated heterocycles. The van der Waals surface area contributed by atoms with Crippen molar-refractivity contribution in [3.63, 3.8) is 0 Å². The van der Waals surface area contributed by atoms with Crippen LogP contribution >= 0.6 is 35.7 Å². The number of thioether (sulfide) groups is 1. The van der Waals surface area contributed by atoms with Gasteiger partial charge in [0.25, 0.3) is 0 Å². The van der Waals surface area contributed by atoms with Crippen LogP contribution in [0.15, 0.2) is 29.3 Å². The van der Waals surface area contributed by atoms with E-state index in [2.05, 4.69) is 47.5 Å². The minimum Gasteiger partial charge on any atom is -0.493 e. The molecule has 0 radical (unpaired) electrons. The first kappa shape index (κ1) is 19.7. The zero-order valence-corrected chi connectivity index (χ0v) is 17.4. The molecule has 0 saturated carbocycles. The molecule has 1 aromatic carbocycles. The molecule has 2 heterocycles. The summed E-state index contributed by atoms with van der Waals surface area (Å²) in [7, 11) is 0. The predicted octanol–water partition coefficient (Wildman–Crippen LogP) is 3.62. The summed E-state index contributed by atoms with van der Waals surface area (Å²) in [6.07, 6.45) is 3.70. The number of hydrogen-bond acceptors (Lipinski definition) is 3. The molecule has 134 valence electrons. The maximum Gasteiger partial charge on any atom is 0.191 e. The summed E-state index contributed by atoms with van der Waals surface area (Å²) < 4.78 is 5.75. The van der Waals surface area contributed by atoms with Gasteiger partial charge in [0.15, 0.2) is 5.96 Å². The molecular weight excluding hydrogens is 433 g/mol. The van der Waals surface area contributed by atoms with Gasteiger partial charge in [-0.15, -0.1) is 24.0 Å². The number of halogens is 1. The van der Waals surface area contributed by atoms with Crippen LogP contribution in [0.3, 0.4) is 0 Å². The van der Waals surface area contributed by atoms with E-state index in [0.717, 1.165) is 44.4 Å². The highest BCUT2D eigenvalue weighted by Crippen LogP contribution is 2.32. The van der Waals surface area contributed by atoms with Crippen molar-refractivity contribution in [2.24, 2.45) is 4.99 Å². The van der Waals surface area contributed by atoms with Crippen molar-refractivity contribution < 1.29 is 4.74 Å². The maximum absolute atomic E-state index is 5.75. The molecule has 1 aromatic rings. The Hall–Kier alpha value is -0.630. The second kappa shape index (κ2) is 10.4. The van der Waals surface area contributed by atoms with Crippen molar-refractivity contribution in [3.8, 4) is 5.75 Å². The molecule has 0 bridgehead atoms. The molecule has 0 amide bonds. The van der Waals surface area contributed by atoms with Crippen LogP contribution in [0, 0.1) is 0 Å². The highest BCUT2D eigenvalue weighted by atomic mass is 127. The van der Waals surface area contributed by atoms with Gasteiger partial charge in [-0.05, 0) is 43.6 Å². The third-order valence-electron chi connectivity index (χ3n) is 4.42. The molecule has 0 aromatic heterocycles. The van der Waals surface area contributed by atoms with Crippen molar-refractivity contribution >= 4 is 41.7 Å². The molecule has 0 spiro atoms. The van der Waals surface area contributed by atoms with Gasteiger partial charge >= 0.3 is 0 Å². The van der Waals surface area contributed by atoms with E-state index < -0.39 is 0 Å². The quantitative estimate of drug-likeness (QED) is 0.400. The third-order valence-corrected chi connectivity index (χ3v) is 5.80. The Kier molecular flexibility index (Phi) is 8.52. The fraction of sp³-hybridized carbons (Fsp3) is 0.611. The summed E-state index contributed by atoms with van der Waals surface area (Å²) in [6, 6.07) is 8.38. The predicted molar refractivity (Wildman–Crippen MR) is 114 cm³/mol. The largest absolute Gasteiger partial charge is 0.493 e. The number of aliphatic imine (C=N–C) groups is 1. The summed E-state index contributed by atoms with van der Waals surface area (Å²) in [6.45, 7) is 5.64. The van der Waals surface area contributed by atoms with Gasteiger partial charge in [0.05, 0.1) is 13.2 Å². The molecular formula is C18H28IN3OS. The van der Waals surface area contributed by atoms with Crippen LogP contribution in [-0.2, 0) is 0 Å². The maximum atomic E-state index is 5.75. The van der Waals surface area contributed by atoms with Crippen molar-refractivity contribution in [2.45, 2.75) is 37.4 Å². The van der Waals surface area contributed by atoms with Crippen LogP contribution in [0.1, 0.15) is 37.7 Å². The number of para-hydroxylation sites is 1. The lowest BCUT2D eigenvalue weighted by molar-refractivity contribution is 0.267. The fourth-order valence-electron chi connectivity index (χ4n) is 3.17. The average Bonchev–Trinajstić information content (AvgIpc) is 3.11. The van der Waals surface area contributed by atoms with Gasteiger partial charge in [-0.2, -0.15) is 11.8 Å². The number of nitrogens with one attached hydrogen (secondary N) is 2. The number of hydrogen-bond donors (Lipinski definition) is 2. The lowest BCUT2D eigenvalue weighted by Crippen LogP contribution is -2.40. The van der Waals surface area contributed by atoms with Gasteiger partial charge in [-0.1, -0.05) is 18.2 Å². The van der Waals surface area contributed by atoms with Gasteiger partial charge in [-0.3, -0.25) is 4.99 Å². The third kappa shape index (κ3) is 5.44. The molecule has 2 aliphatic rings. The number of benzene rings is 1. The first-order valence-corrected chi connectivity index (χ1v) is 9.77. The molecule has 2 unspecified atom stereocenters. The first-order valence-electron chi connectivity index (χ1n) is 8.72. The summed E-state index contributed by atoms with van der Waals surface area (Å²) in [4.78, 5) is 4.78. The summed E-state index contributed by atoms with van der Waals surface area (Å²) in [5.41, 5.74) is 1.31. The normalized spacial score (nSPS) is 23.0. The Balaban J connectivity index is 0.00000208. The average molecular weight is 461 g/mol. The highest BCUT2D eigenvalue weighted by Gasteiger charge is 2.21. The second-order valence-electron chi connectivity index (χ2n) is 6.11. The topological polar surface area (TPSA) is 45.7 Å². The Bertz CT molecular complexity index is 535. The van der Waals surface area contributed by atoms with Crippen LogP contribution in [0.5, 0.6) is 5.75 Å². The first-order chi connectivity index (χ1) is 11.4. The zero-order chi connectivity index (χ0) is 15.9. The Morgan fingerprint density at radius 2 is 2.17 bits per heavy atom. The lowest BCUT2D eigenvalue weighted by Gasteiger charge is -2.26. The van der Waals surface area contributed by atoms with Gasteiger partial charge in [0, 0.05) is 24.3 Å². The van der Waals surface area contributed by atoms with Gasteiger partial charge in [-0.25, -0.2) is 0 Å². The van der Waals surface area contributed by atoms with E-state index in [1.54, 1.807) is 0 Å². The SMILES string of the molecule is CCNC(=NCC1CCCS1)NCC1CCOc2ccccc21.I. The summed E-state index contributed by atoms with van der Waals surface area (Å²) in [5.74, 6) is 3.77. The van der Waals surface area contributed by atoms with E-state index in [1.807, 2.05) is 6.07 Å². The zero-order valence-electron chi connectivity index (χ0n) is 14.3. The fourth-order valence-corrected chi connectivity index (χ4v) is 4.35. The summed E-state index contributed by atoms with van der Waals surface area (Å²) >= 11 is 2.06. The van der Waals surface area contributed by atoms with Crippen LogP contribution in [0.2, 0.25) is 0 Å². The lowest BCUT2D eigenvalue weighted by atomic mass is 9.93. The van der Waals surface area contributed by atoms with Gasteiger partial charge in [0.1, 0.15) is 5.75 Å². The summed E-state index contributed by atoms with van der Waals surface area (Å²) in [5, 5.41) is 7.60. The molecule has 6 heteroatoms. The minimum absolute atomic E-state index is 0. The highest BCUT2D eigenvalue weighted by molar-refractivity contribution is 14.0. The number of ether oxygens (including phenoxy) is 1. The van der Waals surface area contributed by atoms with E-state index in [-0.39, 0.29) is 24.0 Å². The minimum atomic E-state index is 0. The number of rotatable bonds is 5. The van der Waals surface area contributed by atoms with E-state index in [0.29, 0.717) is 11.2 Å². The molecule has 3 rings (SSSR count). The van der Waals surface area contributed by atoms with E-state index in [9.17, 15) is 0 Å². The van der Waals surface area contributed by atoms with Gasteiger partial charge in [0.2, 0.25) is 0 Å².